The van der Waals surface area contributed by atoms with Crippen molar-refractivity contribution in [2.75, 3.05) is 17.2 Å². The summed E-state index contributed by atoms with van der Waals surface area (Å²) in [4.78, 5) is 42.9. The normalized spacial score (nSPS) is 18.3. The lowest BCUT2D eigenvalue weighted by atomic mass is 10.0. The van der Waals surface area contributed by atoms with Crippen LogP contribution in [0.2, 0.25) is 0 Å². The third-order valence-corrected chi connectivity index (χ3v) is 7.63. The van der Waals surface area contributed by atoms with Crippen molar-refractivity contribution in [3.05, 3.63) is 40.3 Å². The number of amides is 3. The minimum absolute atomic E-state index is 0.0514. The first-order valence-electron chi connectivity index (χ1n) is 10.5. The lowest BCUT2D eigenvalue weighted by Crippen LogP contribution is -2.39. The number of nitrogen functional groups attached to an aromatic ring is 1. The van der Waals surface area contributed by atoms with Crippen molar-refractivity contribution in [1.82, 2.24) is 4.90 Å². The summed E-state index contributed by atoms with van der Waals surface area (Å²) in [6.45, 7) is 6.10. The molecule has 1 unspecified atom stereocenters. The van der Waals surface area contributed by atoms with Crippen molar-refractivity contribution in [2.45, 2.75) is 55.9 Å². The van der Waals surface area contributed by atoms with Gasteiger partial charge in [-0.1, -0.05) is 6.07 Å². The Morgan fingerprint density at radius 3 is 2.76 bits per heavy atom. The Kier molecular flexibility index (Phi) is 6.12. The first-order valence-corrected chi connectivity index (χ1v) is 12.2. The van der Waals surface area contributed by atoms with E-state index in [-0.39, 0.29) is 24.8 Å². The molecule has 10 heteroatoms. The van der Waals surface area contributed by atoms with Crippen LogP contribution < -0.4 is 10.6 Å². The standard InChI is InChI=1S/C23H24N4O4S2/c1-23(2,3)31-22(30)26-8-7-15-16(11-24)21(33-18(15)12-26)27-19(28)10-17(20(27)29)32-14-6-4-5-13(25)9-14/h4-6,9,17H,7-8,10,12,25H2,1-3H3. The van der Waals surface area contributed by atoms with Crippen molar-refractivity contribution >= 4 is 51.7 Å². The number of rotatable bonds is 3. The largest absolute Gasteiger partial charge is 0.444 e. The summed E-state index contributed by atoms with van der Waals surface area (Å²) in [5.74, 6) is -0.674. The van der Waals surface area contributed by atoms with Gasteiger partial charge in [-0.3, -0.25) is 9.59 Å². The summed E-state index contributed by atoms with van der Waals surface area (Å²) in [6.07, 6.45) is 0.0927. The molecule has 2 aromatic rings. The number of imide groups is 1. The monoisotopic (exact) mass is 484 g/mol. The lowest BCUT2D eigenvalue weighted by molar-refractivity contribution is -0.121. The molecule has 0 spiro atoms. The van der Waals surface area contributed by atoms with Crippen LogP contribution in [0.4, 0.5) is 15.5 Å². The van der Waals surface area contributed by atoms with Crippen LogP contribution in [0.25, 0.3) is 0 Å². The van der Waals surface area contributed by atoms with Crippen LogP contribution in [-0.2, 0) is 27.3 Å². The first kappa shape index (κ1) is 23.1. The van der Waals surface area contributed by atoms with E-state index in [0.29, 0.717) is 29.2 Å². The van der Waals surface area contributed by atoms with E-state index in [2.05, 4.69) is 6.07 Å². The molecule has 1 aromatic carbocycles. The van der Waals surface area contributed by atoms with E-state index in [1.54, 1.807) is 43.9 Å². The van der Waals surface area contributed by atoms with Crippen molar-refractivity contribution in [3.8, 4) is 6.07 Å². The number of nitrogens with zero attached hydrogens (tertiary/aromatic N) is 3. The van der Waals surface area contributed by atoms with Crippen LogP contribution in [0.15, 0.2) is 29.2 Å². The molecule has 1 atom stereocenters. The number of carbonyl (C=O) groups is 3. The summed E-state index contributed by atoms with van der Waals surface area (Å²) in [7, 11) is 0. The van der Waals surface area contributed by atoms with Crippen LogP contribution in [0.5, 0.6) is 0 Å². The van der Waals surface area contributed by atoms with Crippen molar-refractivity contribution in [2.24, 2.45) is 0 Å². The number of thiophene rings is 1. The molecule has 0 aliphatic carbocycles. The van der Waals surface area contributed by atoms with Gasteiger partial charge in [-0.2, -0.15) is 5.26 Å². The second-order valence-electron chi connectivity index (χ2n) is 8.90. The van der Waals surface area contributed by atoms with Crippen LogP contribution in [0, 0.1) is 11.3 Å². The van der Waals surface area contributed by atoms with Crippen molar-refractivity contribution in [3.63, 3.8) is 0 Å². The van der Waals surface area contributed by atoms with Gasteiger partial charge in [0.15, 0.2) is 0 Å². The Labute approximate surface area is 200 Å². The maximum atomic E-state index is 13.2. The maximum absolute atomic E-state index is 13.2. The minimum atomic E-state index is -0.611. The SMILES string of the molecule is CC(C)(C)OC(=O)N1CCc2c(sc(N3C(=O)CC(Sc4cccc(N)c4)C3=O)c2C#N)C1. The zero-order valence-electron chi connectivity index (χ0n) is 18.6. The summed E-state index contributed by atoms with van der Waals surface area (Å²) >= 11 is 2.52. The number of nitrogens with two attached hydrogens (primary N) is 1. The molecule has 3 amide bonds. The van der Waals surface area contributed by atoms with Gasteiger partial charge in [-0.15, -0.1) is 23.1 Å². The van der Waals surface area contributed by atoms with Gasteiger partial charge in [0.05, 0.1) is 17.4 Å². The van der Waals surface area contributed by atoms with E-state index >= 15 is 0 Å². The number of ether oxygens (including phenoxy) is 1. The second kappa shape index (κ2) is 8.72. The van der Waals surface area contributed by atoms with Gasteiger partial charge in [0.25, 0.3) is 0 Å². The first-order chi connectivity index (χ1) is 15.6. The number of hydrogen-bond donors (Lipinski definition) is 1. The number of thioether (sulfide) groups is 1. The average molecular weight is 485 g/mol. The maximum Gasteiger partial charge on any atom is 0.410 e. The number of carbonyl (C=O) groups excluding carboxylic acids is 3. The Morgan fingerprint density at radius 1 is 1.33 bits per heavy atom. The molecule has 2 aliphatic rings. The summed E-state index contributed by atoms with van der Waals surface area (Å²) in [5.41, 5.74) is 6.94. The van der Waals surface area contributed by atoms with Crippen LogP contribution in [-0.4, -0.2) is 40.2 Å². The molecule has 2 aliphatic heterocycles. The fourth-order valence-corrected chi connectivity index (χ4v) is 6.26. The zero-order chi connectivity index (χ0) is 23.9. The van der Waals surface area contributed by atoms with E-state index in [1.807, 2.05) is 6.07 Å². The molecular weight excluding hydrogens is 460 g/mol. The van der Waals surface area contributed by atoms with Gasteiger partial charge in [0.1, 0.15) is 16.7 Å². The summed E-state index contributed by atoms with van der Waals surface area (Å²) in [5, 5.41) is 9.60. The zero-order valence-corrected chi connectivity index (χ0v) is 20.2. The smallest absolute Gasteiger partial charge is 0.410 e. The molecule has 3 heterocycles. The highest BCUT2D eigenvalue weighted by Gasteiger charge is 2.43. The highest BCUT2D eigenvalue weighted by atomic mass is 32.2. The predicted molar refractivity (Wildman–Crippen MR) is 127 cm³/mol. The minimum Gasteiger partial charge on any atom is -0.444 e. The lowest BCUT2D eigenvalue weighted by Gasteiger charge is -2.29. The number of nitriles is 1. The molecule has 1 fully saturated rings. The van der Waals surface area contributed by atoms with E-state index in [0.717, 1.165) is 20.2 Å². The van der Waals surface area contributed by atoms with Gasteiger partial charge in [0.2, 0.25) is 11.8 Å². The fraction of sp³-hybridized carbons (Fsp3) is 0.391. The Bertz CT molecular complexity index is 1180. The quantitative estimate of drug-likeness (QED) is 0.518. The highest BCUT2D eigenvalue weighted by Crippen LogP contribution is 2.43. The fourth-order valence-electron chi connectivity index (χ4n) is 3.81. The topological polar surface area (TPSA) is 117 Å². The van der Waals surface area contributed by atoms with Gasteiger partial charge in [0, 0.05) is 28.4 Å². The van der Waals surface area contributed by atoms with Gasteiger partial charge in [-0.25, -0.2) is 9.69 Å². The van der Waals surface area contributed by atoms with Crippen LogP contribution in [0.3, 0.4) is 0 Å². The Morgan fingerprint density at radius 2 is 2.09 bits per heavy atom. The van der Waals surface area contributed by atoms with E-state index in [1.165, 1.54) is 23.1 Å². The predicted octanol–water partition coefficient (Wildman–Crippen LogP) is 3.92. The van der Waals surface area contributed by atoms with Gasteiger partial charge < -0.3 is 15.4 Å². The molecule has 0 radical (unpaired) electrons. The third-order valence-electron chi connectivity index (χ3n) is 5.25. The molecular formula is C23H24N4O4S2. The van der Waals surface area contributed by atoms with Gasteiger partial charge in [-0.05, 0) is 51.0 Å². The molecule has 1 saturated heterocycles. The second-order valence-corrected chi connectivity index (χ2v) is 11.3. The van der Waals surface area contributed by atoms with E-state index in [4.69, 9.17) is 10.5 Å². The summed E-state index contributed by atoms with van der Waals surface area (Å²) < 4.78 is 5.46. The number of fused-ring (bicyclic) bond motifs is 1. The molecule has 4 rings (SSSR count). The molecule has 172 valence electrons. The van der Waals surface area contributed by atoms with E-state index in [9.17, 15) is 19.6 Å². The Hall–Kier alpha value is -3.03. The molecule has 33 heavy (non-hydrogen) atoms. The highest BCUT2D eigenvalue weighted by molar-refractivity contribution is 8.00. The Balaban J connectivity index is 1.57. The van der Waals surface area contributed by atoms with Crippen LogP contribution >= 0.6 is 23.1 Å². The molecule has 2 N–H and O–H groups in total. The number of hydrogen-bond acceptors (Lipinski definition) is 8. The molecule has 0 saturated carbocycles. The van der Waals surface area contributed by atoms with Crippen molar-refractivity contribution < 1.29 is 19.1 Å². The van der Waals surface area contributed by atoms with Crippen molar-refractivity contribution in [1.29, 1.82) is 5.26 Å². The van der Waals surface area contributed by atoms with Crippen LogP contribution in [0.1, 0.15) is 43.2 Å². The van der Waals surface area contributed by atoms with E-state index < -0.39 is 16.9 Å². The third kappa shape index (κ3) is 4.70. The number of benzene rings is 1. The summed E-state index contributed by atoms with van der Waals surface area (Å²) in [6, 6.07) is 9.35. The number of anilines is 2. The molecule has 8 nitrogen and oxygen atoms in total. The average Bonchev–Trinajstić information content (AvgIpc) is 3.22. The molecule has 0 bridgehead atoms. The van der Waals surface area contributed by atoms with Gasteiger partial charge >= 0.3 is 6.09 Å². The molecule has 1 aromatic heterocycles.